The summed E-state index contributed by atoms with van der Waals surface area (Å²) in [5, 5.41) is 41.1. The molecule has 4 aromatic carbocycles. The number of carbonyl (C=O) groups is 2. The maximum atomic E-state index is 13.5. The number of hydrogen-bond acceptors (Lipinski definition) is 12. The van der Waals surface area contributed by atoms with Gasteiger partial charge in [0.25, 0.3) is 5.91 Å². The van der Waals surface area contributed by atoms with Gasteiger partial charge in [0, 0.05) is 36.8 Å². The Morgan fingerprint density at radius 2 is 1.11 bits per heavy atom. The zero-order valence-electron chi connectivity index (χ0n) is 31.7. The molecule has 0 radical (unpaired) electrons. The lowest BCUT2D eigenvalue weighted by Gasteiger charge is -2.19. The van der Waals surface area contributed by atoms with Crippen LogP contribution in [-0.2, 0) is 4.74 Å². The van der Waals surface area contributed by atoms with E-state index in [4.69, 9.17) is 45.3 Å². The molecule has 0 spiro atoms. The van der Waals surface area contributed by atoms with E-state index in [2.05, 4.69) is 51.9 Å². The number of benzene rings is 4. The Kier molecular flexibility index (Phi) is 10.7. The molecule has 22 heteroatoms. The number of aromatic nitrogens is 12. The SMILES string of the molecule is CC(C)(C)OC(=O)Nc1cc2ccc(Cl)cc2n2nnnc12.Fc1ccc(-c2cc3ccc(Cl)cc3n3nnnc23)cc1F.NC(=O)c1cc2ccc(Cl)cc2n2nnnc12. The van der Waals surface area contributed by atoms with Gasteiger partial charge < -0.3 is 10.5 Å². The number of rotatable bonds is 3. The van der Waals surface area contributed by atoms with Crippen LogP contribution in [0.2, 0.25) is 15.1 Å². The second-order valence-corrected chi connectivity index (χ2v) is 15.5. The third-order valence-electron chi connectivity index (χ3n) is 8.82. The van der Waals surface area contributed by atoms with Crippen molar-refractivity contribution in [2.75, 3.05) is 5.32 Å². The second kappa shape index (κ2) is 16.1. The van der Waals surface area contributed by atoms with Gasteiger partial charge in [-0.25, -0.2) is 13.6 Å². The van der Waals surface area contributed by atoms with Gasteiger partial charge in [-0.1, -0.05) is 59.1 Å². The molecule has 10 rings (SSSR count). The van der Waals surface area contributed by atoms with E-state index in [0.717, 1.165) is 44.8 Å². The van der Waals surface area contributed by atoms with Crippen molar-refractivity contribution in [3.05, 3.63) is 123 Å². The monoisotopic (exact) mass is 882 g/mol. The molecule has 0 atom stereocenters. The van der Waals surface area contributed by atoms with Crippen molar-refractivity contribution in [1.82, 2.24) is 60.1 Å². The van der Waals surface area contributed by atoms with Crippen molar-refractivity contribution in [3.63, 3.8) is 0 Å². The fraction of sp³-hybridized carbons (Fsp3) is 0.103. The van der Waals surface area contributed by atoms with Crippen LogP contribution in [0.3, 0.4) is 0 Å². The Morgan fingerprint density at radius 3 is 1.66 bits per heavy atom. The number of nitrogens with one attached hydrogen (secondary N) is 1. The first-order valence-electron chi connectivity index (χ1n) is 17.8. The number of nitrogens with zero attached hydrogens (tertiary/aromatic N) is 12. The van der Waals surface area contributed by atoms with E-state index in [1.165, 1.54) is 19.6 Å². The molecule has 17 nitrogen and oxygen atoms in total. The van der Waals surface area contributed by atoms with Gasteiger partial charge in [0.05, 0.1) is 27.8 Å². The smallest absolute Gasteiger partial charge is 0.412 e. The lowest BCUT2D eigenvalue weighted by molar-refractivity contribution is 0.0635. The van der Waals surface area contributed by atoms with E-state index in [-0.39, 0.29) is 5.56 Å². The number of primary amides is 1. The van der Waals surface area contributed by atoms with E-state index < -0.39 is 29.2 Å². The average Bonchev–Trinajstić information content (AvgIpc) is 4.01. The van der Waals surface area contributed by atoms with Crippen LogP contribution in [0.4, 0.5) is 19.3 Å². The van der Waals surface area contributed by atoms with E-state index >= 15 is 0 Å². The van der Waals surface area contributed by atoms with Crippen molar-refractivity contribution in [1.29, 1.82) is 0 Å². The Hall–Kier alpha value is -7.22. The highest BCUT2D eigenvalue weighted by Crippen LogP contribution is 2.31. The first-order chi connectivity index (χ1) is 29.1. The van der Waals surface area contributed by atoms with Crippen LogP contribution in [0.15, 0.2) is 91.0 Å². The molecule has 0 aliphatic heterocycles. The van der Waals surface area contributed by atoms with Crippen molar-refractivity contribution in [2.24, 2.45) is 5.73 Å². The molecule has 0 fully saturated rings. The molecular weight excluding hydrogens is 857 g/mol. The Bertz CT molecular complexity index is 3350. The normalized spacial score (nSPS) is 11.5. The number of hydrogen-bond donors (Lipinski definition) is 2. The van der Waals surface area contributed by atoms with E-state index in [0.29, 0.717) is 48.8 Å². The lowest BCUT2D eigenvalue weighted by atomic mass is 10.0. The first-order valence-corrected chi connectivity index (χ1v) is 18.9. The maximum absolute atomic E-state index is 13.5. The topological polar surface area (TPSA) is 211 Å². The van der Waals surface area contributed by atoms with Crippen LogP contribution in [0.5, 0.6) is 0 Å². The number of fused-ring (bicyclic) bond motifs is 9. The number of ether oxygens (including phenoxy) is 1. The Balaban J connectivity index is 0.000000128. The number of pyridine rings is 3. The summed E-state index contributed by atoms with van der Waals surface area (Å²) in [6, 6.07) is 24.9. The molecule has 0 unspecified atom stereocenters. The van der Waals surface area contributed by atoms with Crippen LogP contribution >= 0.6 is 34.8 Å². The zero-order valence-corrected chi connectivity index (χ0v) is 34.0. The van der Waals surface area contributed by atoms with Gasteiger partial charge >= 0.3 is 6.09 Å². The number of carbonyl (C=O) groups excluding carboxylic acids is 2. The summed E-state index contributed by atoms with van der Waals surface area (Å²) < 4.78 is 36.4. The predicted molar refractivity (Wildman–Crippen MR) is 224 cm³/mol. The summed E-state index contributed by atoms with van der Waals surface area (Å²) in [6.45, 7) is 5.38. The highest BCUT2D eigenvalue weighted by Gasteiger charge is 2.19. The molecule has 0 aliphatic carbocycles. The highest BCUT2D eigenvalue weighted by molar-refractivity contribution is 6.32. The number of tetrazole rings is 3. The number of anilines is 1. The quantitative estimate of drug-likeness (QED) is 0.172. The van der Waals surface area contributed by atoms with Gasteiger partial charge in [0.1, 0.15) is 5.60 Å². The molecule has 0 aliphatic rings. The minimum Gasteiger partial charge on any atom is -0.444 e. The minimum absolute atomic E-state index is 0.282. The van der Waals surface area contributed by atoms with Crippen molar-refractivity contribution >= 4 is 102 Å². The molecular formula is C39H27Cl3F2N14O3. The molecule has 2 amide bonds. The molecule has 306 valence electrons. The maximum Gasteiger partial charge on any atom is 0.412 e. The van der Waals surface area contributed by atoms with Crippen molar-refractivity contribution in [3.8, 4) is 11.1 Å². The predicted octanol–water partition coefficient (Wildman–Crippen LogP) is 8.18. The summed E-state index contributed by atoms with van der Waals surface area (Å²) in [5.74, 6) is -2.38. The third-order valence-corrected chi connectivity index (χ3v) is 9.53. The second-order valence-electron chi connectivity index (χ2n) is 14.1. The summed E-state index contributed by atoms with van der Waals surface area (Å²) in [7, 11) is 0. The third kappa shape index (κ3) is 8.34. The minimum atomic E-state index is -0.917. The first kappa shape index (κ1) is 40.6. The van der Waals surface area contributed by atoms with Crippen molar-refractivity contribution in [2.45, 2.75) is 26.4 Å². The molecule has 6 heterocycles. The Labute approximate surface area is 355 Å². The molecule has 6 aromatic heterocycles. The summed E-state index contributed by atoms with van der Waals surface area (Å²) in [5.41, 5.74) is 9.95. The van der Waals surface area contributed by atoms with Gasteiger partial charge in [0.15, 0.2) is 22.9 Å². The number of nitrogens with two attached hydrogens (primary N) is 1. The largest absolute Gasteiger partial charge is 0.444 e. The number of amides is 2. The summed E-state index contributed by atoms with van der Waals surface area (Å²) >= 11 is 17.9. The van der Waals surface area contributed by atoms with Crippen LogP contribution in [0.25, 0.3) is 60.8 Å². The van der Waals surface area contributed by atoms with Crippen LogP contribution in [-0.4, -0.2) is 77.7 Å². The van der Waals surface area contributed by atoms with Crippen LogP contribution < -0.4 is 11.1 Å². The standard InChI is InChI=1S/C15H7ClF2N4.C14H14ClN5O2.C10H6ClN5O/c16-10-3-1-9-5-11(8-2-4-12(17)13(18)6-8)15-19-20-21-22(15)14(9)7-10;1-14(2,3)22-13(21)16-10-6-8-4-5-9(15)7-11(8)20-12(10)17-18-19-20;11-6-2-1-5-3-7(9(12)17)10-13-14-15-16(10)8(5)4-6/h1-7H;4-7H,1-3H3,(H,16,21);1-4H,(H2,12,17). The lowest BCUT2D eigenvalue weighted by Crippen LogP contribution is -2.27. The van der Waals surface area contributed by atoms with Gasteiger partial charge in [-0.2, -0.15) is 13.5 Å². The summed E-state index contributed by atoms with van der Waals surface area (Å²) in [6.07, 6.45) is -0.564. The molecule has 61 heavy (non-hydrogen) atoms. The molecule has 0 bridgehead atoms. The van der Waals surface area contributed by atoms with E-state index in [1.807, 2.05) is 18.2 Å². The fourth-order valence-electron chi connectivity index (χ4n) is 6.24. The number of halogens is 5. The summed E-state index contributed by atoms with van der Waals surface area (Å²) in [4.78, 5) is 23.3. The van der Waals surface area contributed by atoms with Gasteiger partial charge in [-0.15, -0.1) is 15.3 Å². The van der Waals surface area contributed by atoms with Gasteiger partial charge in [-0.3, -0.25) is 10.1 Å². The molecule has 0 saturated heterocycles. The molecule has 3 N–H and O–H groups in total. The zero-order chi connectivity index (χ0) is 43.2. The van der Waals surface area contributed by atoms with Gasteiger partial charge in [0.2, 0.25) is 5.65 Å². The van der Waals surface area contributed by atoms with Gasteiger partial charge in [-0.05, 0) is 124 Å². The fourth-order valence-corrected chi connectivity index (χ4v) is 6.74. The van der Waals surface area contributed by atoms with Crippen LogP contribution in [0.1, 0.15) is 31.1 Å². The molecule has 0 saturated carbocycles. The van der Waals surface area contributed by atoms with E-state index in [1.54, 1.807) is 75.4 Å². The molecule has 10 aromatic rings. The highest BCUT2D eigenvalue weighted by atomic mass is 35.5. The van der Waals surface area contributed by atoms with E-state index in [9.17, 15) is 18.4 Å². The van der Waals surface area contributed by atoms with Crippen molar-refractivity contribution < 1.29 is 23.1 Å². The Morgan fingerprint density at radius 1 is 0.623 bits per heavy atom. The van der Waals surface area contributed by atoms with Crippen LogP contribution in [0, 0.1) is 11.6 Å². The average molecular weight is 884 g/mol.